The maximum Gasteiger partial charge on any atom is 0.242 e. The van der Waals surface area contributed by atoms with Gasteiger partial charge in [-0.15, -0.1) is 0 Å². The third-order valence-electron chi connectivity index (χ3n) is 3.77. The number of rotatable bonds is 5. The second-order valence-electron chi connectivity index (χ2n) is 5.24. The Bertz CT molecular complexity index is 588. The Morgan fingerprint density at radius 3 is 2.60 bits per heavy atom. The first kappa shape index (κ1) is 16.2. The highest BCUT2D eigenvalue weighted by Gasteiger charge is 2.34. The van der Waals surface area contributed by atoms with Crippen LogP contribution in [0.2, 0.25) is 5.02 Å². The molecule has 1 aromatic carbocycles. The quantitative estimate of drug-likeness (QED) is 0.787. The second kappa shape index (κ2) is 6.30. The fourth-order valence-electron chi connectivity index (χ4n) is 2.49. The Labute approximate surface area is 132 Å². The van der Waals surface area contributed by atoms with E-state index in [1.165, 1.54) is 6.07 Å². The highest BCUT2D eigenvalue weighted by molar-refractivity contribution is 9.09. The Morgan fingerprint density at radius 1 is 1.35 bits per heavy atom. The van der Waals surface area contributed by atoms with E-state index in [1.807, 2.05) is 0 Å². The summed E-state index contributed by atoms with van der Waals surface area (Å²) in [5, 5.41) is 0.776. The van der Waals surface area contributed by atoms with Gasteiger partial charge in [0.25, 0.3) is 0 Å². The summed E-state index contributed by atoms with van der Waals surface area (Å²) < 4.78 is 40.3. The van der Waals surface area contributed by atoms with Crippen molar-refractivity contribution in [2.75, 3.05) is 11.9 Å². The summed E-state index contributed by atoms with van der Waals surface area (Å²) >= 11 is 9.31. The maximum absolute atomic E-state index is 13.2. The van der Waals surface area contributed by atoms with Crippen LogP contribution in [0.3, 0.4) is 0 Å². The maximum atomic E-state index is 13.2. The average Bonchev–Trinajstić information content (AvgIpc) is 2.89. The number of halogens is 3. The van der Waals surface area contributed by atoms with Gasteiger partial charge in [-0.3, -0.25) is 0 Å². The number of alkyl halides is 1. The molecule has 0 radical (unpaired) electrons. The van der Waals surface area contributed by atoms with Gasteiger partial charge in [-0.2, -0.15) is 0 Å². The standard InChI is InChI=1S/C13H16BrClFNO2S/c14-8-13(5-1-2-6-13)9-17-20(18,19)12-7-10(16)3-4-11(12)15/h3-4,7,17H,1-2,5-6,8-9H2. The Hall–Kier alpha value is -0.170. The molecule has 1 aromatic rings. The van der Waals surface area contributed by atoms with E-state index in [0.717, 1.165) is 43.1 Å². The van der Waals surface area contributed by atoms with Crippen molar-refractivity contribution in [3.8, 4) is 0 Å². The zero-order valence-corrected chi connectivity index (χ0v) is 14.0. The van der Waals surface area contributed by atoms with Gasteiger partial charge in [-0.25, -0.2) is 17.5 Å². The van der Waals surface area contributed by atoms with E-state index in [0.29, 0.717) is 6.54 Å². The van der Waals surface area contributed by atoms with Crippen molar-refractivity contribution in [3.63, 3.8) is 0 Å². The van der Waals surface area contributed by atoms with E-state index in [4.69, 9.17) is 11.6 Å². The molecule has 0 unspecified atom stereocenters. The summed E-state index contributed by atoms with van der Waals surface area (Å²) in [7, 11) is -3.79. The Balaban J connectivity index is 2.17. The van der Waals surface area contributed by atoms with E-state index in [9.17, 15) is 12.8 Å². The van der Waals surface area contributed by atoms with Crippen molar-refractivity contribution in [2.24, 2.45) is 5.41 Å². The minimum Gasteiger partial charge on any atom is -0.211 e. The predicted molar refractivity (Wildman–Crippen MR) is 81.3 cm³/mol. The molecule has 1 aliphatic carbocycles. The van der Waals surface area contributed by atoms with Crippen molar-refractivity contribution in [1.82, 2.24) is 4.72 Å². The van der Waals surface area contributed by atoms with Crippen LogP contribution in [0.1, 0.15) is 25.7 Å². The molecular weight excluding hydrogens is 369 g/mol. The fourth-order valence-corrected chi connectivity index (χ4v) is 4.92. The number of hydrogen-bond donors (Lipinski definition) is 1. The van der Waals surface area contributed by atoms with Crippen LogP contribution in [0.5, 0.6) is 0 Å². The molecule has 0 amide bonds. The van der Waals surface area contributed by atoms with Crippen molar-refractivity contribution < 1.29 is 12.8 Å². The van der Waals surface area contributed by atoms with Crippen LogP contribution in [0.25, 0.3) is 0 Å². The fraction of sp³-hybridized carbons (Fsp3) is 0.538. The summed E-state index contributed by atoms with van der Waals surface area (Å²) in [6, 6.07) is 3.33. The molecule has 0 saturated heterocycles. The molecule has 1 aliphatic rings. The smallest absolute Gasteiger partial charge is 0.211 e. The van der Waals surface area contributed by atoms with Crippen LogP contribution in [-0.2, 0) is 10.0 Å². The zero-order chi connectivity index (χ0) is 14.8. The third kappa shape index (κ3) is 3.53. The molecule has 1 N–H and O–H groups in total. The predicted octanol–water partition coefficient (Wildman–Crippen LogP) is 3.71. The summed E-state index contributed by atoms with van der Waals surface area (Å²) in [6.45, 7) is 0.341. The van der Waals surface area contributed by atoms with Gasteiger partial charge in [-0.1, -0.05) is 40.4 Å². The van der Waals surface area contributed by atoms with E-state index >= 15 is 0 Å². The average molecular weight is 385 g/mol. The van der Waals surface area contributed by atoms with Crippen LogP contribution in [-0.4, -0.2) is 20.3 Å². The molecule has 7 heteroatoms. The summed E-state index contributed by atoms with van der Waals surface area (Å²) in [5.74, 6) is -0.620. The minimum atomic E-state index is -3.79. The van der Waals surface area contributed by atoms with Crippen LogP contribution in [0, 0.1) is 11.2 Å². The molecule has 0 spiro atoms. The number of benzene rings is 1. The molecule has 1 saturated carbocycles. The number of nitrogens with one attached hydrogen (secondary N) is 1. The van der Waals surface area contributed by atoms with Crippen molar-refractivity contribution in [1.29, 1.82) is 0 Å². The lowest BCUT2D eigenvalue weighted by Crippen LogP contribution is -2.37. The van der Waals surface area contributed by atoms with Gasteiger partial charge in [0, 0.05) is 11.9 Å². The largest absolute Gasteiger partial charge is 0.242 e. The first-order valence-electron chi connectivity index (χ1n) is 6.39. The lowest BCUT2D eigenvalue weighted by atomic mass is 9.89. The van der Waals surface area contributed by atoms with Crippen molar-refractivity contribution in [3.05, 3.63) is 29.0 Å². The minimum absolute atomic E-state index is 0.0261. The van der Waals surface area contributed by atoms with Crippen LogP contribution >= 0.6 is 27.5 Å². The van der Waals surface area contributed by atoms with Gasteiger partial charge < -0.3 is 0 Å². The molecule has 0 bridgehead atoms. The lowest BCUT2D eigenvalue weighted by Gasteiger charge is -2.26. The molecule has 0 heterocycles. The first-order chi connectivity index (χ1) is 9.38. The highest BCUT2D eigenvalue weighted by Crippen LogP contribution is 2.39. The normalized spacial score (nSPS) is 18.4. The SMILES string of the molecule is O=S(=O)(NCC1(CBr)CCCC1)c1cc(F)ccc1Cl. The second-order valence-corrected chi connectivity index (χ2v) is 7.94. The highest BCUT2D eigenvalue weighted by atomic mass is 79.9. The number of hydrogen-bond acceptors (Lipinski definition) is 2. The van der Waals surface area contributed by atoms with Crippen molar-refractivity contribution >= 4 is 37.6 Å². The van der Waals surface area contributed by atoms with Crippen LogP contribution in [0.4, 0.5) is 4.39 Å². The summed E-state index contributed by atoms with van der Waals surface area (Å²) in [6.07, 6.45) is 4.18. The first-order valence-corrected chi connectivity index (χ1v) is 9.38. The van der Waals surface area contributed by atoms with E-state index in [1.54, 1.807) is 0 Å². The molecule has 0 aromatic heterocycles. The number of sulfonamides is 1. The van der Waals surface area contributed by atoms with Gasteiger partial charge in [0.15, 0.2) is 0 Å². The molecule has 20 heavy (non-hydrogen) atoms. The van der Waals surface area contributed by atoms with Gasteiger partial charge in [0.05, 0.1) is 5.02 Å². The lowest BCUT2D eigenvalue weighted by molar-refractivity contribution is 0.347. The molecule has 0 aliphatic heterocycles. The molecule has 1 fully saturated rings. The molecule has 2 rings (SSSR count). The van der Waals surface area contributed by atoms with Crippen LogP contribution < -0.4 is 4.72 Å². The van der Waals surface area contributed by atoms with Gasteiger partial charge in [0.1, 0.15) is 10.7 Å². The van der Waals surface area contributed by atoms with Gasteiger partial charge in [-0.05, 0) is 36.5 Å². The van der Waals surface area contributed by atoms with Gasteiger partial charge >= 0.3 is 0 Å². The monoisotopic (exact) mass is 383 g/mol. The molecular formula is C13H16BrClFNO2S. The molecule has 3 nitrogen and oxygen atoms in total. The van der Waals surface area contributed by atoms with Gasteiger partial charge in [0.2, 0.25) is 10.0 Å². The molecule has 112 valence electrons. The summed E-state index contributed by atoms with van der Waals surface area (Å²) in [4.78, 5) is -0.207. The van der Waals surface area contributed by atoms with Crippen LogP contribution in [0.15, 0.2) is 23.1 Å². The zero-order valence-electron chi connectivity index (χ0n) is 10.8. The van der Waals surface area contributed by atoms with Crippen molar-refractivity contribution in [2.45, 2.75) is 30.6 Å². The Kier molecular flexibility index (Phi) is 5.10. The van der Waals surface area contributed by atoms with E-state index in [-0.39, 0.29) is 15.3 Å². The van der Waals surface area contributed by atoms with E-state index in [2.05, 4.69) is 20.7 Å². The van der Waals surface area contributed by atoms with E-state index < -0.39 is 15.8 Å². The molecule has 0 atom stereocenters. The summed E-state index contributed by atoms with van der Waals surface area (Å²) in [5.41, 5.74) is -0.0487. The third-order valence-corrected chi connectivity index (χ3v) is 6.84. The Morgan fingerprint density at radius 2 is 2.00 bits per heavy atom. The topological polar surface area (TPSA) is 46.2 Å².